The lowest BCUT2D eigenvalue weighted by atomic mass is 10.1. The van der Waals surface area contributed by atoms with Crippen LogP contribution in [0.25, 0.3) is 0 Å². The Morgan fingerprint density at radius 2 is 2.27 bits per heavy atom. The van der Waals surface area contributed by atoms with Gasteiger partial charge in [0.05, 0.1) is 5.01 Å². The molecule has 1 heterocycles. The minimum atomic E-state index is -0.112. The molecule has 2 N–H and O–H groups in total. The highest BCUT2D eigenvalue weighted by molar-refractivity contribution is 7.09. The largest absolute Gasteiger partial charge is 0.324 e. The molecule has 0 aromatic carbocycles. The smallest absolute Gasteiger partial charge is 0.0937 e. The molecular weight excluding hydrogens is 206 g/mol. The second-order valence-corrected chi connectivity index (χ2v) is 5.51. The van der Waals surface area contributed by atoms with Gasteiger partial charge in [0, 0.05) is 36.6 Å². The molecule has 0 saturated heterocycles. The van der Waals surface area contributed by atoms with Crippen LogP contribution < -0.4 is 5.73 Å². The molecule has 15 heavy (non-hydrogen) atoms. The van der Waals surface area contributed by atoms with E-state index >= 15 is 0 Å². The van der Waals surface area contributed by atoms with Gasteiger partial charge in [0.15, 0.2) is 0 Å². The highest BCUT2D eigenvalue weighted by Gasteiger charge is 2.15. The Morgan fingerprint density at radius 1 is 1.53 bits per heavy atom. The predicted molar refractivity (Wildman–Crippen MR) is 66.2 cm³/mol. The van der Waals surface area contributed by atoms with E-state index in [1.54, 1.807) is 11.3 Å². The molecular formula is C11H21N3S. The summed E-state index contributed by atoms with van der Waals surface area (Å²) in [5.74, 6) is 0. The zero-order valence-electron chi connectivity index (χ0n) is 9.86. The van der Waals surface area contributed by atoms with Crippen LogP contribution in [-0.2, 0) is 6.42 Å². The van der Waals surface area contributed by atoms with Crippen molar-refractivity contribution < 1.29 is 0 Å². The predicted octanol–water partition coefficient (Wildman–Crippen LogP) is 1.74. The van der Waals surface area contributed by atoms with E-state index in [9.17, 15) is 0 Å². The molecule has 0 aliphatic carbocycles. The molecule has 1 rings (SSSR count). The van der Waals surface area contributed by atoms with Crippen molar-refractivity contribution in [3.05, 3.63) is 16.6 Å². The maximum absolute atomic E-state index is 6.01. The molecule has 0 aliphatic rings. The summed E-state index contributed by atoms with van der Waals surface area (Å²) in [6.45, 7) is 9.34. The average Bonchev–Trinajstić information content (AvgIpc) is 2.62. The quantitative estimate of drug-likeness (QED) is 0.805. The molecule has 0 radical (unpaired) electrons. The molecule has 3 nitrogen and oxygen atoms in total. The van der Waals surface area contributed by atoms with Gasteiger partial charge in [-0.25, -0.2) is 4.98 Å². The van der Waals surface area contributed by atoms with Gasteiger partial charge in [-0.3, -0.25) is 0 Å². The Morgan fingerprint density at radius 3 is 2.73 bits per heavy atom. The fraction of sp³-hybridized carbons (Fsp3) is 0.727. The first-order valence-corrected chi connectivity index (χ1v) is 6.29. The molecule has 0 bridgehead atoms. The van der Waals surface area contributed by atoms with E-state index in [4.69, 9.17) is 5.73 Å². The highest BCUT2D eigenvalue weighted by Crippen LogP contribution is 2.07. The van der Waals surface area contributed by atoms with E-state index in [1.165, 1.54) is 5.01 Å². The Bertz CT molecular complexity index is 264. The number of rotatable bonds is 6. The number of nitrogens with zero attached hydrogens (tertiary/aromatic N) is 2. The van der Waals surface area contributed by atoms with Gasteiger partial charge in [0.2, 0.25) is 0 Å². The molecule has 1 aromatic heterocycles. The Hall–Kier alpha value is -0.450. The van der Waals surface area contributed by atoms with Crippen molar-refractivity contribution in [3.63, 3.8) is 0 Å². The molecule has 0 unspecified atom stereocenters. The third-order valence-electron chi connectivity index (χ3n) is 2.20. The van der Waals surface area contributed by atoms with Crippen LogP contribution >= 0.6 is 11.3 Å². The summed E-state index contributed by atoms with van der Waals surface area (Å²) in [5, 5.41) is 3.24. The van der Waals surface area contributed by atoms with Crippen molar-refractivity contribution in [3.8, 4) is 0 Å². The summed E-state index contributed by atoms with van der Waals surface area (Å²) in [6, 6.07) is 0. The van der Waals surface area contributed by atoms with Crippen LogP contribution in [0.3, 0.4) is 0 Å². The van der Waals surface area contributed by atoms with Gasteiger partial charge in [-0.05, 0) is 20.4 Å². The number of hydrogen-bond acceptors (Lipinski definition) is 4. The molecule has 86 valence electrons. The van der Waals surface area contributed by atoms with E-state index in [0.717, 1.165) is 26.1 Å². The van der Waals surface area contributed by atoms with Crippen LogP contribution in [0, 0.1) is 0 Å². The second kappa shape index (κ2) is 5.58. The molecule has 0 spiro atoms. The van der Waals surface area contributed by atoms with E-state index in [1.807, 2.05) is 11.6 Å². The average molecular weight is 227 g/mol. The van der Waals surface area contributed by atoms with Gasteiger partial charge >= 0.3 is 0 Å². The van der Waals surface area contributed by atoms with E-state index in [-0.39, 0.29) is 5.54 Å². The first kappa shape index (κ1) is 12.6. The fourth-order valence-corrected chi connectivity index (χ4v) is 2.17. The van der Waals surface area contributed by atoms with Crippen LogP contribution in [0.15, 0.2) is 11.6 Å². The van der Waals surface area contributed by atoms with Crippen LogP contribution in [-0.4, -0.2) is 35.1 Å². The van der Waals surface area contributed by atoms with Gasteiger partial charge in [-0.2, -0.15) is 0 Å². The third-order valence-corrected chi connectivity index (χ3v) is 3.04. The summed E-state index contributed by atoms with van der Waals surface area (Å²) in [6.07, 6.45) is 2.89. The monoisotopic (exact) mass is 227 g/mol. The Kier molecular flexibility index (Phi) is 4.70. The van der Waals surface area contributed by atoms with Crippen LogP contribution in [0.4, 0.5) is 0 Å². The SMILES string of the molecule is CCN(CCc1nccs1)CC(C)(C)N. The van der Waals surface area contributed by atoms with Crippen molar-refractivity contribution in [1.82, 2.24) is 9.88 Å². The minimum Gasteiger partial charge on any atom is -0.324 e. The standard InChI is InChI=1S/C11H21N3S/c1-4-14(9-11(2,3)12)7-5-10-13-6-8-15-10/h6,8H,4-5,7,9,12H2,1-3H3. The summed E-state index contributed by atoms with van der Waals surface area (Å²) in [4.78, 5) is 6.66. The molecule has 0 fully saturated rings. The van der Waals surface area contributed by atoms with E-state index in [0.29, 0.717) is 0 Å². The lowest BCUT2D eigenvalue weighted by Gasteiger charge is -2.28. The molecule has 0 atom stereocenters. The fourth-order valence-electron chi connectivity index (χ4n) is 1.56. The van der Waals surface area contributed by atoms with Crippen molar-refractivity contribution in [2.24, 2.45) is 5.73 Å². The summed E-state index contributed by atoms with van der Waals surface area (Å²) in [5.41, 5.74) is 5.89. The van der Waals surface area contributed by atoms with Gasteiger partial charge < -0.3 is 10.6 Å². The van der Waals surface area contributed by atoms with Gasteiger partial charge in [-0.1, -0.05) is 6.92 Å². The number of thiazole rings is 1. The lowest BCUT2D eigenvalue weighted by Crippen LogP contribution is -2.45. The molecule has 0 aliphatic heterocycles. The Labute approximate surface area is 96.3 Å². The van der Waals surface area contributed by atoms with E-state index < -0.39 is 0 Å². The number of nitrogens with two attached hydrogens (primary N) is 1. The summed E-state index contributed by atoms with van der Waals surface area (Å²) >= 11 is 1.72. The lowest BCUT2D eigenvalue weighted by molar-refractivity contribution is 0.238. The summed E-state index contributed by atoms with van der Waals surface area (Å²) in [7, 11) is 0. The maximum atomic E-state index is 6.01. The topological polar surface area (TPSA) is 42.2 Å². The first-order valence-electron chi connectivity index (χ1n) is 5.41. The van der Waals surface area contributed by atoms with Crippen LogP contribution in [0.1, 0.15) is 25.8 Å². The minimum absolute atomic E-state index is 0.112. The molecule has 0 saturated carbocycles. The molecule has 0 amide bonds. The van der Waals surface area contributed by atoms with Crippen LogP contribution in [0.2, 0.25) is 0 Å². The van der Waals surface area contributed by atoms with E-state index in [2.05, 4.69) is 30.7 Å². The van der Waals surface area contributed by atoms with Crippen molar-refractivity contribution in [1.29, 1.82) is 0 Å². The second-order valence-electron chi connectivity index (χ2n) is 4.53. The number of hydrogen-bond donors (Lipinski definition) is 1. The Balaban J connectivity index is 2.34. The first-order chi connectivity index (χ1) is 7.01. The third kappa shape index (κ3) is 5.25. The van der Waals surface area contributed by atoms with Crippen molar-refractivity contribution in [2.45, 2.75) is 32.7 Å². The molecule has 1 aromatic rings. The summed E-state index contributed by atoms with van der Waals surface area (Å²) < 4.78 is 0. The van der Waals surface area contributed by atoms with Crippen molar-refractivity contribution >= 4 is 11.3 Å². The normalized spacial score (nSPS) is 12.3. The van der Waals surface area contributed by atoms with Crippen LogP contribution in [0.5, 0.6) is 0 Å². The van der Waals surface area contributed by atoms with Gasteiger partial charge in [-0.15, -0.1) is 11.3 Å². The highest BCUT2D eigenvalue weighted by atomic mass is 32.1. The maximum Gasteiger partial charge on any atom is 0.0937 e. The zero-order valence-corrected chi connectivity index (χ0v) is 10.7. The molecule has 4 heteroatoms. The van der Waals surface area contributed by atoms with Gasteiger partial charge in [0.25, 0.3) is 0 Å². The van der Waals surface area contributed by atoms with Crippen molar-refractivity contribution in [2.75, 3.05) is 19.6 Å². The zero-order chi connectivity index (χ0) is 11.3. The number of aromatic nitrogens is 1. The number of likely N-dealkylation sites (N-methyl/N-ethyl adjacent to an activating group) is 1. The van der Waals surface area contributed by atoms with Gasteiger partial charge in [0.1, 0.15) is 0 Å².